The molecule has 1 saturated heterocycles. The van der Waals surface area contributed by atoms with Gasteiger partial charge in [0.05, 0.1) is 13.7 Å². The number of amides is 1. The van der Waals surface area contributed by atoms with Crippen LogP contribution >= 0.6 is 0 Å². The molecule has 1 aliphatic heterocycles. The summed E-state index contributed by atoms with van der Waals surface area (Å²) in [5.74, 6) is -0.0629. The van der Waals surface area contributed by atoms with Crippen LogP contribution < -0.4 is 0 Å². The molecule has 0 bridgehead atoms. The highest BCUT2D eigenvalue weighted by Gasteiger charge is 2.37. The van der Waals surface area contributed by atoms with Crippen LogP contribution in [0.2, 0.25) is 0 Å². The van der Waals surface area contributed by atoms with Crippen LogP contribution in [0.5, 0.6) is 0 Å². The predicted octanol–water partition coefficient (Wildman–Crippen LogP) is 3.33. The Bertz CT molecular complexity index is 472. The van der Waals surface area contributed by atoms with Gasteiger partial charge in [-0.05, 0) is 32.1 Å². The number of nitrogens with zero attached hydrogens (tertiary/aromatic N) is 1. The fourth-order valence-corrected chi connectivity index (χ4v) is 4.23. The summed E-state index contributed by atoms with van der Waals surface area (Å²) in [6.07, 6.45) is 7.88. The van der Waals surface area contributed by atoms with Crippen molar-refractivity contribution in [2.75, 3.05) is 20.3 Å². The van der Waals surface area contributed by atoms with E-state index in [0.717, 1.165) is 6.42 Å². The average Bonchev–Trinajstić information content (AvgIpc) is 2.62. The summed E-state index contributed by atoms with van der Waals surface area (Å²) in [5.41, 5.74) is 0. The van der Waals surface area contributed by atoms with Crippen LogP contribution in [0, 0.1) is 11.8 Å². The van der Waals surface area contributed by atoms with Crippen molar-refractivity contribution in [3.63, 3.8) is 0 Å². The largest absolute Gasteiger partial charge is 0.466 e. The fourth-order valence-electron chi connectivity index (χ4n) is 4.23. The van der Waals surface area contributed by atoms with Gasteiger partial charge in [0.1, 0.15) is 12.2 Å². The first-order chi connectivity index (χ1) is 12.0. The lowest BCUT2D eigenvalue weighted by Gasteiger charge is -2.40. The number of carbonyl (C=O) groups is 3. The average molecular weight is 353 g/mol. The maximum atomic E-state index is 12.4. The molecule has 0 radical (unpaired) electrons. The van der Waals surface area contributed by atoms with Crippen molar-refractivity contribution in [3.05, 3.63) is 0 Å². The molecule has 0 N–H and O–H groups in total. The molecule has 2 rings (SSSR count). The van der Waals surface area contributed by atoms with E-state index in [-0.39, 0.29) is 36.9 Å². The fraction of sp³-hybridized carbons (Fsp3) is 0.842. The number of hydrogen-bond acceptors (Lipinski definition) is 5. The molecule has 1 saturated carbocycles. The van der Waals surface area contributed by atoms with E-state index in [1.165, 1.54) is 39.2 Å². The van der Waals surface area contributed by atoms with Crippen molar-refractivity contribution in [1.82, 2.24) is 4.90 Å². The number of piperidine rings is 1. The summed E-state index contributed by atoms with van der Waals surface area (Å²) >= 11 is 0. The van der Waals surface area contributed by atoms with Gasteiger partial charge in [0, 0.05) is 18.5 Å². The van der Waals surface area contributed by atoms with Gasteiger partial charge in [0.25, 0.3) is 0 Å². The van der Waals surface area contributed by atoms with Crippen LogP contribution in [0.25, 0.3) is 0 Å². The molecule has 6 nitrogen and oxygen atoms in total. The molecule has 1 amide bonds. The molecule has 0 aromatic heterocycles. The minimum atomic E-state index is -0.452. The highest BCUT2D eigenvalue weighted by Crippen LogP contribution is 2.34. The minimum Gasteiger partial charge on any atom is -0.466 e. The smallest absolute Gasteiger partial charge is 0.409 e. The highest BCUT2D eigenvalue weighted by molar-refractivity contribution is 5.96. The second-order valence-corrected chi connectivity index (χ2v) is 7.23. The molecule has 142 valence electrons. The normalized spacial score (nSPS) is 24.6. The van der Waals surface area contributed by atoms with E-state index < -0.39 is 5.97 Å². The number of ether oxygens (including phenoxy) is 2. The van der Waals surface area contributed by atoms with Crippen LogP contribution in [0.3, 0.4) is 0 Å². The monoisotopic (exact) mass is 353 g/mol. The van der Waals surface area contributed by atoms with Gasteiger partial charge in [-0.15, -0.1) is 0 Å². The van der Waals surface area contributed by atoms with Crippen molar-refractivity contribution in [2.24, 2.45) is 11.8 Å². The Labute approximate surface area is 150 Å². The Balaban J connectivity index is 1.98. The Morgan fingerprint density at radius 3 is 2.44 bits per heavy atom. The number of esters is 1. The van der Waals surface area contributed by atoms with E-state index in [9.17, 15) is 14.4 Å². The molecule has 0 unspecified atom stereocenters. The van der Waals surface area contributed by atoms with Crippen LogP contribution in [-0.2, 0) is 19.1 Å². The second kappa shape index (κ2) is 9.78. The molecule has 2 atom stereocenters. The molecule has 25 heavy (non-hydrogen) atoms. The molecule has 1 aliphatic carbocycles. The Morgan fingerprint density at radius 2 is 1.80 bits per heavy atom. The van der Waals surface area contributed by atoms with Gasteiger partial charge in [0.15, 0.2) is 0 Å². The Morgan fingerprint density at radius 1 is 1.08 bits per heavy atom. The molecular formula is C19H31NO5. The topological polar surface area (TPSA) is 72.9 Å². The quantitative estimate of drug-likeness (QED) is 0.541. The number of carbonyl (C=O) groups excluding carboxylic acids is 3. The van der Waals surface area contributed by atoms with Gasteiger partial charge in [-0.2, -0.15) is 0 Å². The lowest BCUT2D eigenvalue weighted by Crippen LogP contribution is -2.48. The molecular weight excluding hydrogens is 322 g/mol. The molecule has 2 aliphatic rings. The summed E-state index contributed by atoms with van der Waals surface area (Å²) < 4.78 is 9.81. The van der Waals surface area contributed by atoms with Crippen molar-refractivity contribution in [2.45, 2.75) is 70.8 Å². The van der Waals surface area contributed by atoms with E-state index in [0.29, 0.717) is 25.3 Å². The summed E-state index contributed by atoms with van der Waals surface area (Å²) in [6.45, 7) is 2.54. The van der Waals surface area contributed by atoms with E-state index in [2.05, 4.69) is 0 Å². The van der Waals surface area contributed by atoms with Gasteiger partial charge in [-0.3, -0.25) is 9.59 Å². The zero-order valence-electron chi connectivity index (χ0n) is 15.5. The van der Waals surface area contributed by atoms with Crippen LogP contribution in [0.15, 0.2) is 0 Å². The lowest BCUT2D eigenvalue weighted by molar-refractivity contribution is -0.146. The van der Waals surface area contributed by atoms with E-state index >= 15 is 0 Å². The van der Waals surface area contributed by atoms with Crippen molar-refractivity contribution in [3.8, 4) is 0 Å². The number of ketones is 1. The van der Waals surface area contributed by atoms with Crippen LogP contribution in [-0.4, -0.2) is 49.0 Å². The third-order valence-corrected chi connectivity index (χ3v) is 5.53. The van der Waals surface area contributed by atoms with Gasteiger partial charge < -0.3 is 14.4 Å². The molecule has 0 aromatic carbocycles. The number of rotatable bonds is 6. The Kier molecular flexibility index (Phi) is 7.72. The number of hydrogen-bond donors (Lipinski definition) is 0. The summed E-state index contributed by atoms with van der Waals surface area (Å²) in [4.78, 5) is 37.9. The molecule has 2 fully saturated rings. The van der Waals surface area contributed by atoms with E-state index in [4.69, 9.17) is 9.47 Å². The highest BCUT2D eigenvalue weighted by atomic mass is 16.5. The first kappa shape index (κ1) is 19.7. The third-order valence-electron chi connectivity index (χ3n) is 5.53. The summed E-state index contributed by atoms with van der Waals surface area (Å²) in [6, 6.07) is 0.0282. The SMILES string of the molecule is CCOC(=O)CC(=O)[C@H]1CCN(C(=O)OC)[C@H](CC2CCCCC2)C1. The number of Topliss-reactive ketones (excluding diaryl/α,β-unsaturated/α-hetero) is 1. The van der Waals surface area contributed by atoms with Crippen LogP contribution in [0.1, 0.15) is 64.7 Å². The number of likely N-dealkylation sites (tertiary alicyclic amines) is 1. The van der Waals surface area contributed by atoms with Gasteiger partial charge in [0.2, 0.25) is 0 Å². The maximum absolute atomic E-state index is 12.4. The first-order valence-corrected chi connectivity index (χ1v) is 9.58. The third kappa shape index (κ3) is 5.72. The lowest BCUT2D eigenvalue weighted by atomic mass is 9.79. The van der Waals surface area contributed by atoms with Gasteiger partial charge in [-0.25, -0.2) is 4.79 Å². The molecule has 6 heteroatoms. The summed E-state index contributed by atoms with van der Waals surface area (Å²) in [7, 11) is 1.40. The Hall–Kier alpha value is -1.59. The first-order valence-electron chi connectivity index (χ1n) is 9.58. The van der Waals surface area contributed by atoms with E-state index in [1.807, 2.05) is 0 Å². The van der Waals surface area contributed by atoms with Gasteiger partial charge >= 0.3 is 12.1 Å². The molecule has 1 heterocycles. The van der Waals surface area contributed by atoms with Gasteiger partial charge in [-0.1, -0.05) is 32.1 Å². The van der Waals surface area contributed by atoms with Crippen molar-refractivity contribution < 1.29 is 23.9 Å². The maximum Gasteiger partial charge on any atom is 0.409 e. The molecule has 0 spiro atoms. The van der Waals surface area contributed by atoms with E-state index in [1.54, 1.807) is 11.8 Å². The zero-order valence-corrected chi connectivity index (χ0v) is 15.5. The summed E-state index contributed by atoms with van der Waals surface area (Å²) in [5, 5.41) is 0. The van der Waals surface area contributed by atoms with Crippen molar-refractivity contribution >= 4 is 17.8 Å². The molecule has 0 aromatic rings. The zero-order chi connectivity index (χ0) is 18.2. The second-order valence-electron chi connectivity index (χ2n) is 7.23. The standard InChI is InChI=1S/C19H31NO5/c1-3-25-18(22)13-17(21)15-9-10-20(19(23)24-2)16(12-15)11-14-7-5-4-6-8-14/h14-16H,3-13H2,1-2H3/t15-,16+/m0/s1. The van der Waals surface area contributed by atoms with Crippen LogP contribution in [0.4, 0.5) is 4.79 Å². The predicted molar refractivity (Wildman–Crippen MR) is 93.1 cm³/mol. The minimum absolute atomic E-state index is 0.0282. The van der Waals surface area contributed by atoms with Crippen molar-refractivity contribution in [1.29, 1.82) is 0 Å². The number of methoxy groups -OCH3 is 1.